The molecule has 0 unspecified atom stereocenters. The SMILES string of the molecule is Cc1cccc(Oc2ccc(NC(=O)c3cnc4ccccn34)cn2)c1C. The highest BCUT2D eigenvalue weighted by molar-refractivity contribution is 6.03. The lowest BCUT2D eigenvalue weighted by atomic mass is 10.1. The minimum atomic E-state index is -0.251. The molecule has 1 aromatic carbocycles. The minimum absolute atomic E-state index is 0.251. The summed E-state index contributed by atoms with van der Waals surface area (Å²) in [5.74, 6) is 0.986. The van der Waals surface area contributed by atoms with Crippen LogP contribution in [-0.4, -0.2) is 20.3 Å². The Hall–Kier alpha value is -3.67. The molecule has 4 aromatic rings. The summed E-state index contributed by atoms with van der Waals surface area (Å²) in [5, 5.41) is 2.83. The van der Waals surface area contributed by atoms with E-state index in [1.54, 1.807) is 35.1 Å². The summed E-state index contributed by atoms with van der Waals surface area (Å²) in [5.41, 5.74) is 3.99. The van der Waals surface area contributed by atoms with Crippen LogP contribution in [0.5, 0.6) is 11.6 Å². The first-order valence-electron chi connectivity index (χ1n) is 8.55. The van der Waals surface area contributed by atoms with Gasteiger partial charge in [-0.1, -0.05) is 18.2 Å². The second kappa shape index (κ2) is 6.92. The highest BCUT2D eigenvalue weighted by Gasteiger charge is 2.12. The van der Waals surface area contributed by atoms with Crippen LogP contribution in [0, 0.1) is 13.8 Å². The molecule has 0 spiro atoms. The average molecular weight is 358 g/mol. The van der Waals surface area contributed by atoms with Gasteiger partial charge >= 0.3 is 0 Å². The number of fused-ring (bicyclic) bond motifs is 1. The quantitative estimate of drug-likeness (QED) is 0.587. The van der Waals surface area contributed by atoms with Crippen LogP contribution < -0.4 is 10.1 Å². The molecule has 1 N–H and O–H groups in total. The summed E-state index contributed by atoms with van der Waals surface area (Å²) in [7, 11) is 0. The first-order chi connectivity index (χ1) is 13.1. The maximum atomic E-state index is 12.5. The predicted octanol–water partition coefficient (Wildman–Crippen LogP) is 4.39. The van der Waals surface area contributed by atoms with Gasteiger partial charge in [-0.2, -0.15) is 0 Å². The largest absolute Gasteiger partial charge is 0.439 e. The van der Waals surface area contributed by atoms with Gasteiger partial charge in [0.2, 0.25) is 5.88 Å². The van der Waals surface area contributed by atoms with Crippen LogP contribution in [0.2, 0.25) is 0 Å². The summed E-state index contributed by atoms with van der Waals surface area (Å²) < 4.78 is 7.58. The fourth-order valence-corrected chi connectivity index (χ4v) is 2.76. The Balaban J connectivity index is 1.49. The number of carbonyl (C=O) groups excluding carboxylic acids is 1. The molecule has 0 aliphatic heterocycles. The van der Waals surface area contributed by atoms with Crippen molar-refractivity contribution in [2.24, 2.45) is 0 Å². The van der Waals surface area contributed by atoms with E-state index in [-0.39, 0.29) is 5.91 Å². The number of pyridine rings is 2. The number of aryl methyl sites for hydroxylation is 1. The van der Waals surface area contributed by atoms with Crippen LogP contribution in [0.15, 0.2) is 67.1 Å². The molecule has 134 valence electrons. The summed E-state index contributed by atoms with van der Waals surface area (Å²) in [6, 6.07) is 15.0. The molecule has 0 saturated carbocycles. The third-order valence-electron chi connectivity index (χ3n) is 4.41. The number of rotatable bonds is 4. The lowest BCUT2D eigenvalue weighted by Gasteiger charge is -2.10. The van der Waals surface area contributed by atoms with E-state index in [1.807, 2.05) is 50.2 Å². The van der Waals surface area contributed by atoms with Gasteiger partial charge < -0.3 is 10.1 Å². The molecule has 0 atom stereocenters. The van der Waals surface area contributed by atoms with Gasteiger partial charge in [0.25, 0.3) is 5.91 Å². The van der Waals surface area contributed by atoms with E-state index in [9.17, 15) is 4.79 Å². The zero-order valence-electron chi connectivity index (χ0n) is 15.0. The first kappa shape index (κ1) is 16.8. The van der Waals surface area contributed by atoms with E-state index in [0.717, 1.165) is 22.5 Å². The van der Waals surface area contributed by atoms with Crippen molar-refractivity contribution in [2.45, 2.75) is 13.8 Å². The molecule has 27 heavy (non-hydrogen) atoms. The van der Waals surface area contributed by atoms with Gasteiger partial charge in [-0.15, -0.1) is 0 Å². The van der Waals surface area contributed by atoms with Crippen LogP contribution >= 0.6 is 0 Å². The van der Waals surface area contributed by atoms with E-state index >= 15 is 0 Å². The number of carbonyl (C=O) groups is 1. The van der Waals surface area contributed by atoms with Crippen LogP contribution in [0.4, 0.5) is 5.69 Å². The molecule has 0 radical (unpaired) electrons. The smallest absolute Gasteiger partial charge is 0.274 e. The number of hydrogen-bond donors (Lipinski definition) is 1. The monoisotopic (exact) mass is 358 g/mol. The Morgan fingerprint density at radius 2 is 1.89 bits per heavy atom. The number of aromatic nitrogens is 3. The number of benzene rings is 1. The third kappa shape index (κ3) is 3.37. The summed E-state index contributed by atoms with van der Waals surface area (Å²) in [6.45, 7) is 4.05. The van der Waals surface area contributed by atoms with Crippen molar-refractivity contribution < 1.29 is 9.53 Å². The fourth-order valence-electron chi connectivity index (χ4n) is 2.76. The standard InChI is InChI=1S/C21H18N4O2/c1-14-6-5-7-18(15(14)2)27-20-10-9-16(12-23-20)24-21(26)17-13-22-19-8-3-4-11-25(17)19/h3-13H,1-2H3,(H,24,26). The number of anilines is 1. The van der Waals surface area contributed by atoms with E-state index in [1.165, 1.54) is 0 Å². The molecule has 0 saturated heterocycles. The molecular weight excluding hydrogens is 340 g/mol. The van der Waals surface area contributed by atoms with Gasteiger partial charge in [0, 0.05) is 12.3 Å². The lowest BCUT2D eigenvalue weighted by Crippen LogP contribution is -2.14. The lowest BCUT2D eigenvalue weighted by molar-refractivity contribution is 0.102. The molecule has 6 nitrogen and oxygen atoms in total. The highest BCUT2D eigenvalue weighted by atomic mass is 16.5. The second-order valence-electron chi connectivity index (χ2n) is 6.21. The molecule has 4 rings (SSSR count). The third-order valence-corrected chi connectivity index (χ3v) is 4.41. The van der Waals surface area contributed by atoms with E-state index in [0.29, 0.717) is 17.3 Å². The first-order valence-corrected chi connectivity index (χ1v) is 8.55. The number of nitrogens with one attached hydrogen (secondary N) is 1. The number of nitrogens with zero attached hydrogens (tertiary/aromatic N) is 3. The maximum Gasteiger partial charge on any atom is 0.274 e. The van der Waals surface area contributed by atoms with Crippen LogP contribution in [0.3, 0.4) is 0 Å². The van der Waals surface area contributed by atoms with E-state index < -0.39 is 0 Å². The van der Waals surface area contributed by atoms with Gasteiger partial charge in [0.1, 0.15) is 17.1 Å². The summed E-state index contributed by atoms with van der Waals surface area (Å²) in [6.07, 6.45) is 4.92. The molecule has 0 fully saturated rings. The average Bonchev–Trinajstić information content (AvgIpc) is 3.11. The normalized spacial score (nSPS) is 10.7. The van der Waals surface area contributed by atoms with Crippen molar-refractivity contribution in [1.82, 2.24) is 14.4 Å². The van der Waals surface area contributed by atoms with Crippen molar-refractivity contribution >= 4 is 17.2 Å². The maximum absolute atomic E-state index is 12.5. The second-order valence-corrected chi connectivity index (χ2v) is 6.21. The Morgan fingerprint density at radius 3 is 2.70 bits per heavy atom. The van der Waals surface area contributed by atoms with Crippen molar-refractivity contribution in [3.8, 4) is 11.6 Å². The van der Waals surface area contributed by atoms with E-state index in [4.69, 9.17) is 4.74 Å². The van der Waals surface area contributed by atoms with E-state index in [2.05, 4.69) is 15.3 Å². The van der Waals surface area contributed by atoms with Crippen molar-refractivity contribution in [3.05, 3.63) is 83.9 Å². The van der Waals surface area contributed by atoms with Crippen molar-refractivity contribution in [3.63, 3.8) is 0 Å². The van der Waals surface area contributed by atoms with Gasteiger partial charge in [-0.05, 0) is 49.2 Å². The Bertz CT molecular complexity index is 1120. The zero-order valence-corrected chi connectivity index (χ0v) is 15.0. The van der Waals surface area contributed by atoms with Gasteiger partial charge in [-0.25, -0.2) is 9.97 Å². The number of imidazole rings is 1. The predicted molar refractivity (Wildman–Crippen MR) is 103 cm³/mol. The van der Waals surface area contributed by atoms with Crippen molar-refractivity contribution in [2.75, 3.05) is 5.32 Å². The number of hydrogen-bond acceptors (Lipinski definition) is 4. The molecule has 1 amide bonds. The molecular formula is C21H18N4O2. The molecule has 3 heterocycles. The molecule has 6 heteroatoms. The Labute approximate surface area is 156 Å². The highest BCUT2D eigenvalue weighted by Crippen LogP contribution is 2.26. The zero-order chi connectivity index (χ0) is 18.8. The topological polar surface area (TPSA) is 68.5 Å². The van der Waals surface area contributed by atoms with Crippen LogP contribution in [0.25, 0.3) is 5.65 Å². The fraction of sp³-hybridized carbons (Fsp3) is 0.0952. The Morgan fingerprint density at radius 1 is 1.00 bits per heavy atom. The molecule has 0 bridgehead atoms. The molecule has 0 aliphatic rings. The van der Waals surface area contributed by atoms with Crippen LogP contribution in [0.1, 0.15) is 21.6 Å². The molecule has 3 aromatic heterocycles. The Kier molecular flexibility index (Phi) is 4.30. The summed E-state index contributed by atoms with van der Waals surface area (Å²) in [4.78, 5) is 21.0. The van der Waals surface area contributed by atoms with Gasteiger partial charge in [0.15, 0.2) is 0 Å². The van der Waals surface area contributed by atoms with Crippen molar-refractivity contribution in [1.29, 1.82) is 0 Å². The van der Waals surface area contributed by atoms with Gasteiger partial charge in [0.05, 0.1) is 18.1 Å². The number of ether oxygens (including phenoxy) is 1. The minimum Gasteiger partial charge on any atom is -0.439 e. The van der Waals surface area contributed by atoms with Crippen LogP contribution in [-0.2, 0) is 0 Å². The number of amides is 1. The molecule has 0 aliphatic carbocycles. The van der Waals surface area contributed by atoms with Gasteiger partial charge in [-0.3, -0.25) is 9.20 Å². The summed E-state index contributed by atoms with van der Waals surface area (Å²) >= 11 is 0.